The Kier molecular flexibility index (Phi) is 72.8. The smallest absolute Gasteiger partial charge is 0.305 e. The lowest BCUT2D eigenvalue weighted by molar-refractivity contribution is -0.143. The van der Waals surface area contributed by atoms with Gasteiger partial charge in [0.1, 0.15) is 0 Å². The van der Waals surface area contributed by atoms with Crippen molar-refractivity contribution >= 4 is 11.9 Å². The SMILES string of the molecule is CCCCCCCC/C=C\CCCCCCCC(=O)OCCCCCCCCCCCCCCCCCCCCCCCCCCCCCCCCCCCCCC(=O)NC(CO)C(O)CCCCCCCCCCCCCCCCCCC. The van der Waals surface area contributed by atoms with Gasteiger partial charge in [-0.2, -0.15) is 0 Å². The van der Waals surface area contributed by atoms with Gasteiger partial charge in [-0.25, -0.2) is 0 Å². The maximum absolute atomic E-state index is 12.5. The van der Waals surface area contributed by atoms with E-state index in [1.54, 1.807) is 0 Å². The van der Waals surface area contributed by atoms with E-state index in [0.717, 1.165) is 44.9 Å². The Morgan fingerprint density at radius 2 is 0.560 bits per heavy atom. The summed E-state index contributed by atoms with van der Waals surface area (Å²) in [5.74, 6) is -0.00939. The fraction of sp³-hybridized carbons (Fsp3) is 0.949. The van der Waals surface area contributed by atoms with Crippen molar-refractivity contribution in [3.63, 3.8) is 0 Å². The first kappa shape index (κ1) is 82.6. The maximum atomic E-state index is 12.5. The summed E-state index contributed by atoms with van der Waals surface area (Å²) in [5, 5.41) is 23.4. The number of esters is 1. The van der Waals surface area contributed by atoms with Crippen LogP contribution in [-0.2, 0) is 14.3 Å². The van der Waals surface area contributed by atoms with Crippen LogP contribution in [0.5, 0.6) is 0 Å². The van der Waals surface area contributed by atoms with Gasteiger partial charge in [0.25, 0.3) is 0 Å². The zero-order valence-corrected chi connectivity index (χ0v) is 57.4. The summed E-state index contributed by atoms with van der Waals surface area (Å²) >= 11 is 0. The molecule has 0 radical (unpaired) electrons. The van der Waals surface area contributed by atoms with Crippen LogP contribution in [0.15, 0.2) is 12.2 Å². The van der Waals surface area contributed by atoms with Gasteiger partial charge < -0.3 is 20.3 Å². The summed E-state index contributed by atoms with van der Waals surface area (Å²) in [6.45, 7) is 5.00. The summed E-state index contributed by atoms with van der Waals surface area (Å²) in [5.41, 5.74) is 0. The van der Waals surface area contributed by atoms with E-state index < -0.39 is 12.1 Å². The number of hydrogen-bond acceptors (Lipinski definition) is 5. The first-order chi connectivity index (χ1) is 41.5. The van der Waals surface area contributed by atoms with Gasteiger partial charge in [-0.05, 0) is 51.4 Å². The summed E-state index contributed by atoms with van der Waals surface area (Å²) in [7, 11) is 0. The van der Waals surface area contributed by atoms with Gasteiger partial charge >= 0.3 is 5.97 Å². The lowest BCUT2D eigenvalue weighted by Gasteiger charge is -2.22. The summed E-state index contributed by atoms with van der Waals surface area (Å²) < 4.78 is 5.50. The van der Waals surface area contributed by atoms with Gasteiger partial charge in [0.05, 0.1) is 25.4 Å². The van der Waals surface area contributed by atoms with E-state index in [0.29, 0.717) is 25.9 Å². The van der Waals surface area contributed by atoms with Crippen molar-refractivity contribution in [2.45, 2.75) is 463 Å². The molecule has 0 rings (SSSR count). The molecule has 6 nitrogen and oxygen atoms in total. The van der Waals surface area contributed by atoms with Gasteiger partial charge in [-0.3, -0.25) is 9.59 Å². The van der Waals surface area contributed by atoms with E-state index in [4.69, 9.17) is 4.74 Å². The van der Waals surface area contributed by atoms with Crippen LogP contribution in [0.3, 0.4) is 0 Å². The minimum Gasteiger partial charge on any atom is -0.466 e. The van der Waals surface area contributed by atoms with E-state index >= 15 is 0 Å². The Hall–Kier alpha value is -1.40. The van der Waals surface area contributed by atoms with Gasteiger partial charge in [0.15, 0.2) is 0 Å². The predicted molar refractivity (Wildman–Crippen MR) is 370 cm³/mol. The van der Waals surface area contributed by atoms with Crippen LogP contribution in [0, 0.1) is 0 Å². The first-order valence-corrected chi connectivity index (χ1v) is 38.9. The fourth-order valence-electron chi connectivity index (χ4n) is 12.6. The standard InChI is InChI=1S/C78H153NO5/c1-3-5-7-9-11-13-15-17-19-39-43-46-50-54-58-62-66-70-76(81)75(74-80)79-77(82)71-67-63-59-55-51-47-44-40-37-35-33-31-29-27-25-23-21-20-22-24-26-28-30-32-34-36-38-41-45-49-53-57-61-65-69-73-84-78(83)72-68-64-60-56-52-48-42-18-16-14-12-10-8-6-4-2/h18,42,75-76,80-81H,3-17,19-41,43-74H2,1-2H3,(H,79,82)/b42-18-. The average molecular weight is 1190 g/mol. The molecular formula is C78H153NO5. The van der Waals surface area contributed by atoms with Gasteiger partial charge in [-0.15, -0.1) is 0 Å². The second-order valence-corrected chi connectivity index (χ2v) is 27.0. The summed E-state index contributed by atoms with van der Waals surface area (Å²) in [6, 6.07) is -0.537. The van der Waals surface area contributed by atoms with Gasteiger partial charge in [-0.1, -0.05) is 398 Å². The molecule has 0 aliphatic heterocycles. The molecule has 0 saturated heterocycles. The normalized spacial score (nSPS) is 12.5. The van der Waals surface area contributed by atoms with Crippen molar-refractivity contribution in [2.24, 2.45) is 0 Å². The number of carbonyl (C=O) groups excluding carboxylic acids is 2. The number of aliphatic hydroxyl groups is 2. The van der Waals surface area contributed by atoms with Crippen molar-refractivity contribution < 1.29 is 24.5 Å². The highest BCUT2D eigenvalue weighted by atomic mass is 16.5. The number of ether oxygens (including phenoxy) is 1. The van der Waals surface area contributed by atoms with Crippen molar-refractivity contribution in [3.05, 3.63) is 12.2 Å². The molecule has 2 atom stereocenters. The highest BCUT2D eigenvalue weighted by molar-refractivity contribution is 5.76. The number of unbranched alkanes of at least 4 members (excludes halogenated alkanes) is 61. The minimum atomic E-state index is -0.660. The van der Waals surface area contributed by atoms with Crippen LogP contribution in [0.1, 0.15) is 450 Å². The average Bonchev–Trinajstić information content (AvgIpc) is 3.51. The molecule has 0 bridgehead atoms. The van der Waals surface area contributed by atoms with Gasteiger partial charge in [0, 0.05) is 12.8 Å². The molecule has 1 amide bonds. The second kappa shape index (κ2) is 74.1. The van der Waals surface area contributed by atoms with Crippen LogP contribution in [-0.4, -0.2) is 47.4 Å². The minimum absolute atomic E-state index is 0.0157. The molecule has 500 valence electrons. The van der Waals surface area contributed by atoms with E-state index in [1.165, 1.54) is 372 Å². The molecule has 0 spiro atoms. The molecule has 0 fully saturated rings. The van der Waals surface area contributed by atoms with E-state index in [2.05, 4.69) is 31.3 Å². The maximum Gasteiger partial charge on any atom is 0.305 e. The van der Waals surface area contributed by atoms with Crippen molar-refractivity contribution in [1.82, 2.24) is 5.32 Å². The molecule has 84 heavy (non-hydrogen) atoms. The quantitative estimate of drug-likeness (QED) is 0.0320. The summed E-state index contributed by atoms with van der Waals surface area (Å²) in [4.78, 5) is 24.6. The number of allylic oxidation sites excluding steroid dienone is 2. The summed E-state index contributed by atoms with van der Waals surface area (Å²) in [6.07, 6.45) is 93.0. The van der Waals surface area contributed by atoms with Crippen LogP contribution in [0.2, 0.25) is 0 Å². The number of hydrogen-bond donors (Lipinski definition) is 3. The Balaban J connectivity index is 3.30. The van der Waals surface area contributed by atoms with Crippen molar-refractivity contribution in [1.29, 1.82) is 0 Å². The number of amides is 1. The topological polar surface area (TPSA) is 95.9 Å². The Morgan fingerprint density at radius 3 is 0.845 bits per heavy atom. The van der Waals surface area contributed by atoms with Gasteiger partial charge in [0.2, 0.25) is 5.91 Å². The third kappa shape index (κ3) is 69.7. The van der Waals surface area contributed by atoms with Crippen molar-refractivity contribution in [2.75, 3.05) is 13.2 Å². The number of aliphatic hydroxyl groups excluding tert-OH is 2. The molecule has 0 aromatic carbocycles. The molecule has 0 heterocycles. The monoisotopic (exact) mass is 1180 g/mol. The lowest BCUT2D eigenvalue weighted by Crippen LogP contribution is -2.45. The third-order valence-corrected chi connectivity index (χ3v) is 18.6. The van der Waals surface area contributed by atoms with Crippen LogP contribution >= 0.6 is 0 Å². The molecule has 0 aliphatic carbocycles. The van der Waals surface area contributed by atoms with E-state index in [-0.39, 0.29) is 18.5 Å². The Labute approximate surface area is 527 Å². The second-order valence-electron chi connectivity index (χ2n) is 27.0. The molecule has 3 N–H and O–H groups in total. The molecule has 0 saturated carbocycles. The molecule has 0 aromatic heterocycles. The highest BCUT2D eigenvalue weighted by Crippen LogP contribution is 2.20. The largest absolute Gasteiger partial charge is 0.466 e. The zero-order valence-electron chi connectivity index (χ0n) is 57.4. The number of rotatable bonds is 74. The molecule has 0 aromatic rings. The number of carbonyl (C=O) groups is 2. The highest BCUT2D eigenvalue weighted by Gasteiger charge is 2.20. The first-order valence-electron chi connectivity index (χ1n) is 38.9. The van der Waals surface area contributed by atoms with Crippen LogP contribution in [0.4, 0.5) is 0 Å². The van der Waals surface area contributed by atoms with E-state index in [9.17, 15) is 19.8 Å². The fourth-order valence-corrected chi connectivity index (χ4v) is 12.6. The Morgan fingerprint density at radius 1 is 0.321 bits per heavy atom. The molecule has 0 aliphatic rings. The third-order valence-electron chi connectivity index (χ3n) is 18.6. The molecular weight excluding hydrogens is 1030 g/mol. The zero-order chi connectivity index (χ0) is 60.6. The number of nitrogens with one attached hydrogen (secondary N) is 1. The van der Waals surface area contributed by atoms with Crippen molar-refractivity contribution in [3.8, 4) is 0 Å². The molecule has 6 heteroatoms. The van der Waals surface area contributed by atoms with Crippen LogP contribution in [0.25, 0.3) is 0 Å². The van der Waals surface area contributed by atoms with Crippen LogP contribution < -0.4 is 5.32 Å². The Bertz CT molecular complexity index is 1270. The van der Waals surface area contributed by atoms with E-state index in [1.807, 2.05) is 0 Å². The lowest BCUT2D eigenvalue weighted by atomic mass is 10.0. The molecule has 2 unspecified atom stereocenters. The predicted octanol–water partition coefficient (Wildman–Crippen LogP) is 25.5.